The first-order chi connectivity index (χ1) is 17.0. The third-order valence-corrected chi connectivity index (χ3v) is 5.40. The van der Waals surface area contributed by atoms with Crippen molar-refractivity contribution >= 4 is 17.9 Å². The van der Waals surface area contributed by atoms with Crippen LogP contribution in [0.5, 0.6) is 0 Å². The van der Waals surface area contributed by atoms with E-state index in [4.69, 9.17) is 18.9 Å². The van der Waals surface area contributed by atoms with E-state index in [9.17, 15) is 19.5 Å². The van der Waals surface area contributed by atoms with Gasteiger partial charge in [-0.2, -0.15) is 0 Å². The van der Waals surface area contributed by atoms with Gasteiger partial charge in [-0.25, -0.2) is 14.4 Å². The highest BCUT2D eigenvalue weighted by atomic mass is 16.7. The smallest absolute Gasteiger partial charge is 0.338 e. The first kappa shape index (κ1) is 24.1. The fourth-order valence-electron chi connectivity index (χ4n) is 3.64. The van der Waals surface area contributed by atoms with Gasteiger partial charge < -0.3 is 24.1 Å². The summed E-state index contributed by atoms with van der Waals surface area (Å²) < 4.78 is 22.0. The molecule has 1 fully saturated rings. The number of hydrogen-bond donors (Lipinski definition) is 1. The molecule has 1 aliphatic heterocycles. The lowest BCUT2D eigenvalue weighted by atomic mass is 10.0. The van der Waals surface area contributed by atoms with Crippen molar-refractivity contribution < 1.29 is 38.4 Å². The molecule has 1 saturated heterocycles. The van der Waals surface area contributed by atoms with Crippen molar-refractivity contribution in [3.63, 3.8) is 0 Å². The molecule has 4 atom stereocenters. The van der Waals surface area contributed by atoms with Gasteiger partial charge in [-0.3, -0.25) is 0 Å². The lowest BCUT2D eigenvalue weighted by Crippen LogP contribution is -2.53. The maximum atomic E-state index is 12.7. The molecule has 8 heteroatoms. The van der Waals surface area contributed by atoms with E-state index < -0.39 is 42.5 Å². The molecule has 4 rings (SSSR count). The predicted molar refractivity (Wildman–Crippen MR) is 124 cm³/mol. The molecule has 0 saturated carbocycles. The topological polar surface area (TPSA) is 108 Å². The van der Waals surface area contributed by atoms with Crippen molar-refractivity contribution in [3.8, 4) is 0 Å². The Balaban J connectivity index is 1.47. The molecule has 0 radical (unpaired) electrons. The van der Waals surface area contributed by atoms with E-state index in [1.54, 1.807) is 91.0 Å². The number of esters is 3. The van der Waals surface area contributed by atoms with E-state index in [2.05, 4.69) is 0 Å². The number of rotatable bonds is 7. The van der Waals surface area contributed by atoms with Crippen LogP contribution in [0.4, 0.5) is 0 Å². The summed E-state index contributed by atoms with van der Waals surface area (Å²) >= 11 is 0. The van der Waals surface area contributed by atoms with Crippen LogP contribution in [0.15, 0.2) is 91.0 Å². The average Bonchev–Trinajstić information content (AvgIpc) is 2.90. The van der Waals surface area contributed by atoms with Crippen LogP contribution in [0.2, 0.25) is 0 Å². The molecule has 0 bridgehead atoms. The van der Waals surface area contributed by atoms with E-state index in [0.717, 1.165) is 0 Å². The Kier molecular flexibility index (Phi) is 7.87. The van der Waals surface area contributed by atoms with Gasteiger partial charge in [-0.1, -0.05) is 54.6 Å². The molecular weight excluding hydrogens is 452 g/mol. The Bertz CT molecular complexity index is 1130. The molecule has 0 aliphatic carbocycles. The SMILES string of the molecule is O=C(OC[C@H]1C[C@H](OC(=O)c2ccccc2)[C@@H](OC(=O)c2ccccc2)[C@H](O)O1)c1ccccc1. The molecular formula is C27H24O8. The van der Waals surface area contributed by atoms with Crippen LogP contribution < -0.4 is 0 Å². The zero-order valence-corrected chi connectivity index (χ0v) is 18.7. The highest BCUT2D eigenvalue weighted by molar-refractivity contribution is 5.90. The third kappa shape index (κ3) is 6.32. The Morgan fingerprint density at radius 2 is 1.17 bits per heavy atom. The van der Waals surface area contributed by atoms with Gasteiger partial charge in [0.25, 0.3) is 0 Å². The summed E-state index contributed by atoms with van der Waals surface area (Å²) in [5, 5.41) is 10.6. The van der Waals surface area contributed by atoms with Gasteiger partial charge >= 0.3 is 17.9 Å². The second-order valence-corrected chi connectivity index (χ2v) is 7.89. The number of ether oxygens (including phenoxy) is 4. The highest BCUT2D eigenvalue weighted by Crippen LogP contribution is 2.26. The third-order valence-electron chi connectivity index (χ3n) is 5.40. The molecule has 0 unspecified atom stereocenters. The first-order valence-electron chi connectivity index (χ1n) is 11.1. The Morgan fingerprint density at radius 1 is 0.714 bits per heavy atom. The van der Waals surface area contributed by atoms with Gasteiger partial charge in [0.1, 0.15) is 12.7 Å². The van der Waals surface area contributed by atoms with E-state index in [-0.39, 0.29) is 18.6 Å². The number of aliphatic hydroxyl groups excluding tert-OH is 1. The zero-order chi connectivity index (χ0) is 24.6. The first-order valence-corrected chi connectivity index (χ1v) is 11.1. The van der Waals surface area contributed by atoms with E-state index in [0.29, 0.717) is 11.1 Å². The second-order valence-electron chi connectivity index (χ2n) is 7.89. The molecule has 35 heavy (non-hydrogen) atoms. The maximum absolute atomic E-state index is 12.7. The fourth-order valence-corrected chi connectivity index (χ4v) is 3.64. The summed E-state index contributed by atoms with van der Waals surface area (Å²) in [6, 6.07) is 25.0. The second kappa shape index (κ2) is 11.4. The van der Waals surface area contributed by atoms with Gasteiger partial charge in [0, 0.05) is 6.42 Å². The molecule has 0 aromatic heterocycles. The van der Waals surface area contributed by atoms with Crippen LogP contribution >= 0.6 is 0 Å². The van der Waals surface area contributed by atoms with Crippen molar-refractivity contribution in [1.82, 2.24) is 0 Å². The number of benzene rings is 3. The summed E-state index contributed by atoms with van der Waals surface area (Å²) in [7, 11) is 0. The van der Waals surface area contributed by atoms with E-state index >= 15 is 0 Å². The fraction of sp³-hybridized carbons (Fsp3) is 0.222. The number of aliphatic hydroxyl groups is 1. The van der Waals surface area contributed by atoms with E-state index in [1.807, 2.05) is 0 Å². The minimum absolute atomic E-state index is 0.0322. The molecule has 1 heterocycles. The summed E-state index contributed by atoms with van der Waals surface area (Å²) in [6.45, 7) is -0.191. The van der Waals surface area contributed by atoms with Crippen LogP contribution in [-0.2, 0) is 18.9 Å². The minimum atomic E-state index is -1.61. The molecule has 0 spiro atoms. The lowest BCUT2D eigenvalue weighted by molar-refractivity contribution is -0.251. The number of carbonyl (C=O) groups excluding carboxylic acids is 3. The van der Waals surface area contributed by atoms with Crippen LogP contribution in [-0.4, -0.2) is 54.2 Å². The number of hydrogen-bond acceptors (Lipinski definition) is 8. The molecule has 1 aliphatic rings. The van der Waals surface area contributed by atoms with Gasteiger partial charge in [-0.15, -0.1) is 0 Å². The highest BCUT2D eigenvalue weighted by Gasteiger charge is 2.43. The molecule has 180 valence electrons. The Labute approximate surface area is 202 Å². The molecule has 3 aromatic carbocycles. The average molecular weight is 476 g/mol. The monoisotopic (exact) mass is 476 g/mol. The largest absolute Gasteiger partial charge is 0.459 e. The molecule has 3 aromatic rings. The Morgan fingerprint density at radius 3 is 1.69 bits per heavy atom. The maximum Gasteiger partial charge on any atom is 0.338 e. The van der Waals surface area contributed by atoms with Crippen molar-refractivity contribution in [1.29, 1.82) is 0 Å². The number of carbonyl (C=O) groups is 3. The van der Waals surface area contributed by atoms with Gasteiger partial charge in [0.05, 0.1) is 22.8 Å². The van der Waals surface area contributed by atoms with Crippen LogP contribution in [0.25, 0.3) is 0 Å². The van der Waals surface area contributed by atoms with Crippen LogP contribution in [0.3, 0.4) is 0 Å². The standard InChI is InChI=1S/C27H24O8/c28-24(18-10-4-1-5-11-18)32-17-21-16-22(34-25(29)19-12-6-2-7-13-19)23(27(31)33-21)35-26(30)20-14-8-3-9-15-20/h1-15,21-23,27,31H,16-17H2/t21-,22+,23-,27-/m1/s1. The van der Waals surface area contributed by atoms with Gasteiger partial charge in [-0.05, 0) is 36.4 Å². The van der Waals surface area contributed by atoms with Crippen LogP contribution in [0, 0.1) is 0 Å². The Hall–Kier alpha value is -4.01. The van der Waals surface area contributed by atoms with E-state index in [1.165, 1.54) is 0 Å². The van der Waals surface area contributed by atoms with Crippen molar-refractivity contribution in [2.75, 3.05) is 6.61 Å². The normalized spacial score (nSPS) is 21.5. The summed E-state index contributed by atoms with van der Waals surface area (Å²) in [5.41, 5.74) is 0.936. The van der Waals surface area contributed by atoms with Crippen molar-refractivity contribution in [2.45, 2.75) is 31.0 Å². The summed E-state index contributed by atoms with van der Waals surface area (Å²) in [5.74, 6) is -1.90. The summed E-state index contributed by atoms with van der Waals surface area (Å²) in [4.78, 5) is 37.6. The zero-order valence-electron chi connectivity index (χ0n) is 18.7. The lowest BCUT2D eigenvalue weighted by Gasteiger charge is -2.38. The molecule has 0 amide bonds. The van der Waals surface area contributed by atoms with Gasteiger partial charge in [0.15, 0.2) is 12.4 Å². The van der Waals surface area contributed by atoms with Crippen LogP contribution in [0.1, 0.15) is 37.5 Å². The van der Waals surface area contributed by atoms with Crippen molar-refractivity contribution in [3.05, 3.63) is 108 Å². The molecule has 1 N–H and O–H groups in total. The molecule has 8 nitrogen and oxygen atoms in total. The quantitative estimate of drug-likeness (QED) is 0.408. The van der Waals surface area contributed by atoms with Crippen molar-refractivity contribution in [2.24, 2.45) is 0 Å². The predicted octanol–water partition coefficient (Wildman–Crippen LogP) is 3.40. The summed E-state index contributed by atoms with van der Waals surface area (Å²) in [6.07, 6.45) is -4.69. The minimum Gasteiger partial charge on any atom is -0.459 e. The van der Waals surface area contributed by atoms with Gasteiger partial charge in [0.2, 0.25) is 0 Å².